The summed E-state index contributed by atoms with van der Waals surface area (Å²) in [4.78, 5) is 2.00. The average molecular weight is 337 g/mol. The second-order valence-electron chi connectivity index (χ2n) is 5.14. The Morgan fingerprint density at radius 1 is 1.45 bits per heavy atom. The first-order valence-corrected chi connectivity index (χ1v) is 8.99. The summed E-state index contributed by atoms with van der Waals surface area (Å²) in [5.41, 5.74) is 6.71. The fourth-order valence-corrected chi connectivity index (χ4v) is 4.84. The van der Waals surface area contributed by atoms with Crippen LogP contribution in [0.1, 0.15) is 18.0 Å². The van der Waals surface area contributed by atoms with Gasteiger partial charge < -0.3 is 5.73 Å². The molecule has 1 saturated heterocycles. The topological polar surface area (TPSA) is 63.4 Å². The Labute approximate surface area is 129 Å². The average Bonchev–Trinajstić information content (AvgIpc) is 2.75. The Kier molecular flexibility index (Phi) is 4.97. The van der Waals surface area contributed by atoms with Crippen molar-refractivity contribution >= 4 is 33.0 Å². The number of nitrogens with two attached hydrogens (primary N) is 1. The summed E-state index contributed by atoms with van der Waals surface area (Å²) < 4.78 is 23.2. The molecule has 4 nitrogen and oxygen atoms in total. The van der Waals surface area contributed by atoms with E-state index in [9.17, 15) is 8.42 Å². The van der Waals surface area contributed by atoms with Crippen LogP contribution in [0.3, 0.4) is 0 Å². The predicted octanol–water partition coefficient (Wildman–Crippen LogP) is 2.11. The minimum absolute atomic E-state index is 0.0244. The highest BCUT2D eigenvalue weighted by Gasteiger charge is 2.34. The molecular weight excluding hydrogens is 319 g/mol. The van der Waals surface area contributed by atoms with Crippen LogP contribution in [0.5, 0.6) is 0 Å². The number of hydrogen-bond acceptors (Lipinski definition) is 4. The van der Waals surface area contributed by atoms with Crippen LogP contribution >= 0.6 is 23.2 Å². The molecule has 112 valence electrons. The molecule has 1 aliphatic rings. The minimum Gasteiger partial charge on any atom is -0.329 e. The summed E-state index contributed by atoms with van der Waals surface area (Å²) in [7, 11) is -1.04. The van der Waals surface area contributed by atoms with E-state index in [1.54, 1.807) is 18.2 Å². The standard InChI is InChI=1S/C13H18Cl2N2O2S/c1-17(10-4-5-20(18,19)8-10)13(7-16)11-6-9(14)2-3-12(11)15/h2-3,6,10,13H,4-5,7-8,16H2,1H3. The largest absolute Gasteiger partial charge is 0.329 e. The molecule has 1 aliphatic heterocycles. The van der Waals surface area contributed by atoms with Crippen LogP contribution in [0.25, 0.3) is 0 Å². The Bertz CT molecular complexity index is 592. The SMILES string of the molecule is CN(C1CCS(=O)(=O)C1)C(CN)c1cc(Cl)ccc1Cl. The van der Waals surface area contributed by atoms with Crippen LogP contribution in [-0.2, 0) is 9.84 Å². The van der Waals surface area contributed by atoms with E-state index in [-0.39, 0.29) is 23.6 Å². The lowest BCUT2D eigenvalue weighted by Crippen LogP contribution is -2.39. The van der Waals surface area contributed by atoms with E-state index >= 15 is 0 Å². The van der Waals surface area contributed by atoms with E-state index in [0.717, 1.165) is 5.56 Å². The molecule has 0 spiro atoms. The van der Waals surface area contributed by atoms with Gasteiger partial charge in [-0.3, -0.25) is 4.90 Å². The summed E-state index contributed by atoms with van der Waals surface area (Å²) in [5.74, 6) is 0.417. The molecule has 2 rings (SSSR count). The van der Waals surface area contributed by atoms with Crippen molar-refractivity contribution in [2.45, 2.75) is 18.5 Å². The summed E-state index contributed by atoms with van der Waals surface area (Å²) in [5, 5.41) is 1.19. The van der Waals surface area contributed by atoms with Gasteiger partial charge in [0, 0.05) is 28.7 Å². The normalized spacial score (nSPS) is 23.1. The van der Waals surface area contributed by atoms with Gasteiger partial charge in [-0.05, 0) is 37.2 Å². The molecule has 20 heavy (non-hydrogen) atoms. The highest BCUT2D eigenvalue weighted by Crippen LogP contribution is 2.32. The van der Waals surface area contributed by atoms with E-state index in [4.69, 9.17) is 28.9 Å². The smallest absolute Gasteiger partial charge is 0.151 e. The third-order valence-electron chi connectivity index (χ3n) is 3.82. The van der Waals surface area contributed by atoms with Crippen LogP contribution in [0.15, 0.2) is 18.2 Å². The van der Waals surface area contributed by atoms with Crippen molar-refractivity contribution in [2.75, 3.05) is 25.1 Å². The monoisotopic (exact) mass is 336 g/mol. The fraction of sp³-hybridized carbons (Fsp3) is 0.538. The first-order chi connectivity index (χ1) is 9.34. The first kappa shape index (κ1) is 16.0. The molecule has 0 saturated carbocycles. The first-order valence-electron chi connectivity index (χ1n) is 6.41. The van der Waals surface area contributed by atoms with E-state index in [1.807, 2.05) is 11.9 Å². The molecule has 0 amide bonds. The summed E-state index contributed by atoms with van der Waals surface area (Å²) in [6, 6.07) is 5.09. The van der Waals surface area contributed by atoms with Gasteiger partial charge in [0.15, 0.2) is 9.84 Å². The number of halogens is 2. The Balaban J connectivity index is 2.26. The zero-order valence-corrected chi connectivity index (χ0v) is 13.5. The van der Waals surface area contributed by atoms with E-state index in [0.29, 0.717) is 23.0 Å². The lowest BCUT2D eigenvalue weighted by atomic mass is 10.0. The molecular formula is C13H18Cl2N2O2S. The number of hydrogen-bond donors (Lipinski definition) is 1. The van der Waals surface area contributed by atoms with E-state index in [2.05, 4.69) is 0 Å². The molecule has 2 N–H and O–H groups in total. The van der Waals surface area contributed by atoms with Crippen LogP contribution in [-0.4, -0.2) is 44.5 Å². The third-order valence-corrected chi connectivity index (χ3v) is 6.15. The van der Waals surface area contributed by atoms with Crippen molar-refractivity contribution in [1.29, 1.82) is 0 Å². The fourth-order valence-electron chi connectivity index (χ4n) is 2.63. The second-order valence-corrected chi connectivity index (χ2v) is 8.21. The number of benzene rings is 1. The lowest BCUT2D eigenvalue weighted by molar-refractivity contribution is 0.192. The number of rotatable bonds is 4. The number of sulfone groups is 1. The van der Waals surface area contributed by atoms with Crippen molar-refractivity contribution < 1.29 is 8.42 Å². The molecule has 2 unspecified atom stereocenters. The van der Waals surface area contributed by atoms with E-state index < -0.39 is 9.84 Å². The van der Waals surface area contributed by atoms with Gasteiger partial charge in [-0.1, -0.05) is 23.2 Å². The van der Waals surface area contributed by atoms with Crippen molar-refractivity contribution in [1.82, 2.24) is 4.90 Å². The van der Waals surface area contributed by atoms with Crippen molar-refractivity contribution in [2.24, 2.45) is 5.73 Å². The lowest BCUT2D eigenvalue weighted by Gasteiger charge is -2.32. The van der Waals surface area contributed by atoms with Crippen LogP contribution in [0.2, 0.25) is 10.0 Å². The molecule has 1 aromatic rings. The van der Waals surface area contributed by atoms with Gasteiger partial charge in [-0.2, -0.15) is 0 Å². The number of likely N-dealkylation sites (N-methyl/N-ethyl adjacent to an activating group) is 1. The van der Waals surface area contributed by atoms with Gasteiger partial charge in [0.2, 0.25) is 0 Å². The quantitative estimate of drug-likeness (QED) is 0.914. The van der Waals surface area contributed by atoms with Crippen LogP contribution in [0.4, 0.5) is 0 Å². The molecule has 0 aromatic heterocycles. The summed E-state index contributed by atoms with van der Waals surface area (Å²) in [6.07, 6.45) is 0.632. The van der Waals surface area contributed by atoms with Gasteiger partial charge >= 0.3 is 0 Å². The zero-order chi connectivity index (χ0) is 14.9. The Morgan fingerprint density at radius 2 is 2.15 bits per heavy atom. The van der Waals surface area contributed by atoms with Crippen molar-refractivity contribution in [3.63, 3.8) is 0 Å². The molecule has 1 heterocycles. The summed E-state index contributed by atoms with van der Waals surface area (Å²) in [6.45, 7) is 0.354. The minimum atomic E-state index is -2.92. The summed E-state index contributed by atoms with van der Waals surface area (Å²) >= 11 is 12.2. The van der Waals surface area contributed by atoms with Crippen molar-refractivity contribution in [3.8, 4) is 0 Å². The molecule has 2 atom stereocenters. The zero-order valence-electron chi connectivity index (χ0n) is 11.2. The Hall–Kier alpha value is -0.330. The maximum atomic E-state index is 11.6. The van der Waals surface area contributed by atoms with Gasteiger partial charge in [-0.15, -0.1) is 0 Å². The Morgan fingerprint density at radius 3 is 2.70 bits per heavy atom. The third kappa shape index (κ3) is 3.46. The van der Waals surface area contributed by atoms with Crippen molar-refractivity contribution in [3.05, 3.63) is 33.8 Å². The van der Waals surface area contributed by atoms with Crippen LogP contribution in [0, 0.1) is 0 Å². The van der Waals surface area contributed by atoms with Gasteiger partial charge in [0.05, 0.1) is 11.5 Å². The predicted molar refractivity (Wildman–Crippen MR) is 83.1 cm³/mol. The van der Waals surface area contributed by atoms with Crippen LogP contribution < -0.4 is 5.73 Å². The molecule has 1 aromatic carbocycles. The van der Waals surface area contributed by atoms with Gasteiger partial charge in [0.25, 0.3) is 0 Å². The highest BCUT2D eigenvalue weighted by molar-refractivity contribution is 7.91. The van der Waals surface area contributed by atoms with Gasteiger partial charge in [0.1, 0.15) is 0 Å². The molecule has 0 bridgehead atoms. The number of nitrogens with zero attached hydrogens (tertiary/aromatic N) is 1. The van der Waals surface area contributed by atoms with E-state index in [1.165, 1.54) is 0 Å². The maximum Gasteiger partial charge on any atom is 0.151 e. The highest BCUT2D eigenvalue weighted by atomic mass is 35.5. The molecule has 0 radical (unpaired) electrons. The molecule has 0 aliphatic carbocycles. The second kappa shape index (κ2) is 6.20. The molecule has 1 fully saturated rings. The van der Waals surface area contributed by atoms with Gasteiger partial charge in [-0.25, -0.2) is 8.42 Å². The maximum absolute atomic E-state index is 11.6. The molecule has 7 heteroatoms.